The first-order valence-electron chi connectivity index (χ1n) is 7.86. The summed E-state index contributed by atoms with van der Waals surface area (Å²) >= 11 is 2.95. The number of thioether (sulfide) groups is 1. The van der Waals surface area contributed by atoms with Crippen LogP contribution in [0.4, 0.5) is 5.69 Å². The SMILES string of the molecule is CCn1c(=C2C(=O)NN=C2C)s/c(=C2\Sc3ccccc3N2C)c1=O. The summed E-state index contributed by atoms with van der Waals surface area (Å²) in [6.45, 7) is 4.19. The number of nitrogens with zero attached hydrogens (tertiary/aromatic N) is 3. The van der Waals surface area contributed by atoms with Crippen molar-refractivity contribution in [2.75, 3.05) is 11.9 Å². The van der Waals surface area contributed by atoms with E-state index in [9.17, 15) is 9.59 Å². The smallest absolute Gasteiger partial charge is 0.276 e. The first-order valence-corrected chi connectivity index (χ1v) is 9.50. The quantitative estimate of drug-likeness (QED) is 0.808. The van der Waals surface area contributed by atoms with Crippen LogP contribution in [0.5, 0.6) is 0 Å². The fraction of sp³-hybridized carbons (Fsp3) is 0.235. The molecule has 0 saturated heterocycles. The molecule has 6 nitrogen and oxygen atoms in total. The van der Waals surface area contributed by atoms with Crippen LogP contribution in [0.1, 0.15) is 13.8 Å². The van der Waals surface area contributed by atoms with E-state index in [2.05, 4.69) is 10.5 Å². The van der Waals surface area contributed by atoms with E-state index in [0.717, 1.165) is 15.6 Å². The van der Waals surface area contributed by atoms with E-state index in [4.69, 9.17) is 0 Å². The van der Waals surface area contributed by atoms with Crippen LogP contribution in [0.3, 0.4) is 0 Å². The average Bonchev–Trinajstić information content (AvgIpc) is 3.22. The number of anilines is 1. The lowest BCUT2D eigenvalue weighted by molar-refractivity contribution is -0.115. The first kappa shape index (κ1) is 16.2. The number of amides is 1. The molecule has 0 saturated carbocycles. The Kier molecular flexibility index (Phi) is 3.81. The summed E-state index contributed by atoms with van der Waals surface area (Å²) in [7, 11) is 1.96. The molecular formula is C17H16N4O2S2. The number of aromatic nitrogens is 1. The maximum absolute atomic E-state index is 13.0. The van der Waals surface area contributed by atoms with Gasteiger partial charge >= 0.3 is 0 Å². The molecule has 2 aromatic rings. The Bertz CT molecular complexity index is 1110. The zero-order valence-corrected chi connectivity index (χ0v) is 15.6. The first-order chi connectivity index (χ1) is 12.0. The van der Waals surface area contributed by atoms with E-state index in [-0.39, 0.29) is 11.5 Å². The molecule has 1 N–H and O–H groups in total. The van der Waals surface area contributed by atoms with Crippen molar-refractivity contribution in [3.63, 3.8) is 0 Å². The molecular weight excluding hydrogens is 356 g/mol. The minimum atomic E-state index is -0.256. The van der Waals surface area contributed by atoms with E-state index >= 15 is 0 Å². The lowest BCUT2D eigenvalue weighted by atomic mass is 10.2. The van der Waals surface area contributed by atoms with Gasteiger partial charge in [0.15, 0.2) is 0 Å². The van der Waals surface area contributed by atoms with Crippen molar-refractivity contribution in [2.24, 2.45) is 5.10 Å². The Labute approximate surface area is 152 Å². The number of thiazole rings is 1. The molecule has 0 aliphatic carbocycles. The molecule has 0 bridgehead atoms. The van der Waals surface area contributed by atoms with Crippen molar-refractivity contribution in [1.82, 2.24) is 9.99 Å². The van der Waals surface area contributed by atoms with Gasteiger partial charge in [0, 0.05) is 18.5 Å². The highest BCUT2D eigenvalue weighted by atomic mass is 32.2. The molecule has 0 radical (unpaired) electrons. The summed E-state index contributed by atoms with van der Waals surface area (Å²) in [6, 6.07) is 8.07. The topological polar surface area (TPSA) is 66.7 Å². The fourth-order valence-electron chi connectivity index (χ4n) is 2.98. The van der Waals surface area contributed by atoms with Crippen LogP contribution < -0.4 is 25.1 Å². The average molecular weight is 372 g/mol. The molecule has 0 spiro atoms. The standard InChI is InChI=1S/C17H16N4O2S2/c1-4-21-15(23)13(25-16(21)12-9(2)18-19-14(12)22)17-20(3)10-7-5-6-8-11(10)24-17/h5-8H,4H2,1-3H3,(H,19,22)/b16-12?,17-13-. The Morgan fingerprint density at radius 3 is 2.64 bits per heavy atom. The predicted molar refractivity (Wildman–Crippen MR) is 102 cm³/mol. The van der Waals surface area contributed by atoms with Crippen molar-refractivity contribution >= 4 is 51.0 Å². The summed E-state index contributed by atoms with van der Waals surface area (Å²) in [5.74, 6) is -0.256. The van der Waals surface area contributed by atoms with Gasteiger partial charge in [-0.2, -0.15) is 5.10 Å². The third kappa shape index (κ3) is 2.36. The summed E-state index contributed by atoms with van der Waals surface area (Å²) in [6.07, 6.45) is 0. The number of fused-ring (bicyclic) bond motifs is 1. The number of nitrogens with one attached hydrogen (secondary N) is 1. The molecule has 0 atom stereocenters. The monoisotopic (exact) mass is 372 g/mol. The molecule has 2 aliphatic rings. The van der Waals surface area contributed by atoms with Crippen molar-refractivity contribution in [1.29, 1.82) is 0 Å². The third-order valence-electron chi connectivity index (χ3n) is 4.26. The van der Waals surface area contributed by atoms with Crippen molar-refractivity contribution in [3.8, 4) is 0 Å². The largest absolute Gasteiger partial charge is 0.337 e. The van der Waals surface area contributed by atoms with Gasteiger partial charge < -0.3 is 4.90 Å². The second-order valence-electron chi connectivity index (χ2n) is 5.73. The number of carbonyl (C=O) groups is 1. The summed E-state index contributed by atoms with van der Waals surface area (Å²) in [5, 5.41) is 4.88. The van der Waals surface area contributed by atoms with Gasteiger partial charge in [-0.1, -0.05) is 23.9 Å². The molecule has 1 aromatic heterocycles. The fourth-order valence-corrected chi connectivity index (χ4v) is 5.59. The summed E-state index contributed by atoms with van der Waals surface area (Å²) < 4.78 is 2.97. The number of carbonyl (C=O) groups excluding carboxylic acids is 1. The zero-order chi connectivity index (χ0) is 17.7. The second-order valence-corrected chi connectivity index (χ2v) is 7.76. The highest BCUT2D eigenvalue weighted by Gasteiger charge is 2.26. The molecule has 8 heteroatoms. The van der Waals surface area contributed by atoms with Gasteiger partial charge in [0.05, 0.1) is 17.0 Å². The molecule has 25 heavy (non-hydrogen) atoms. The van der Waals surface area contributed by atoms with Crippen molar-refractivity contribution < 1.29 is 4.79 Å². The van der Waals surface area contributed by atoms with Crippen LogP contribution in [0.25, 0.3) is 10.6 Å². The second kappa shape index (κ2) is 5.89. The highest BCUT2D eigenvalue weighted by Crippen LogP contribution is 2.44. The van der Waals surface area contributed by atoms with Crippen molar-refractivity contribution in [2.45, 2.75) is 25.3 Å². The van der Waals surface area contributed by atoms with Gasteiger partial charge in [-0.15, -0.1) is 11.3 Å². The number of hydrogen-bond donors (Lipinski definition) is 1. The Morgan fingerprint density at radius 2 is 2.00 bits per heavy atom. The van der Waals surface area contributed by atoms with E-state index in [1.807, 2.05) is 43.1 Å². The van der Waals surface area contributed by atoms with E-state index < -0.39 is 0 Å². The Hall–Kier alpha value is -2.32. The normalized spacial score (nSPS) is 20.7. The molecule has 1 aromatic carbocycles. The van der Waals surface area contributed by atoms with E-state index in [1.165, 1.54) is 11.3 Å². The van der Waals surface area contributed by atoms with Gasteiger partial charge in [-0.25, -0.2) is 5.43 Å². The molecule has 128 valence electrons. The van der Waals surface area contributed by atoms with Crippen LogP contribution in [0.2, 0.25) is 0 Å². The van der Waals surface area contributed by atoms with Crippen molar-refractivity contribution in [3.05, 3.63) is 43.8 Å². The molecule has 0 unspecified atom stereocenters. The number of benzene rings is 1. The van der Waals surface area contributed by atoms with E-state index in [0.29, 0.717) is 27.0 Å². The molecule has 4 rings (SSSR count). The van der Waals surface area contributed by atoms with Gasteiger partial charge in [0.2, 0.25) is 0 Å². The molecule has 1 amide bonds. The molecule has 3 heterocycles. The van der Waals surface area contributed by atoms with Crippen LogP contribution in [0.15, 0.2) is 39.1 Å². The van der Waals surface area contributed by atoms with Gasteiger partial charge in [0.1, 0.15) is 14.2 Å². The highest BCUT2D eigenvalue weighted by molar-refractivity contribution is 8.08. The summed E-state index contributed by atoms with van der Waals surface area (Å²) in [5.41, 5.74) is 4.59. The van der Waals surface area contributed by atoms with Crippen LogP contribution in [-0.4, -0.2) is 23.2 Å². The molecule has 0 fully saturated rings. The minimum absolute atomic E-state index is 0.0651. The lowest BCUT2D eigenvalue weighted by Gasteiger charge is -2.11. The lowest BCUT2D eigenvalue weighted by Crippen LogP contribution is -2.34. The third-order valence-corrected chi connectivity index (χ3v) is 6.82. The van der Waals surface area contributed by atoms with Crippen LogP contribution in [0, 0.1) is 0 Å². The number of rotatable bonds is 1. The Morgan fingerprint density at radius 1 is 1.24 bits per heavy atom. The van der Waals surface area contributed by atoms with Gasteiger partial charge in [-0.3, -0.25) is 14.2 Å². The Balaban J connectivity index is 2.05. The molecule has 2 aliphatic heterocycles. The van der Waals surface area contributed by atoms with E-state index in [1.54, 1.807) is 23.3 Å². The summed E-state index contributed by atoms with van der Waals surface area (Å²) in [4.78, 5) is 28.3. The maximum atomic E-state index is 13.0. The minimum Gasteiger partial charge on any atom is -0.337 e. The van der Waals surface area contributed by atoms with Gasteiger partial charge in [-0.05, 0) is 26.0 Å². The number of hydrazone groups is 1. The number of para-hydroxylation sites is 1. The number of hydrogen-bond acceptors (Lipinski definition) is 6. The predicted octanol–water partition coefficient (Wildman–Crippen LogP) is 0.894. The maximum Gasteiger partial charge on any atom is 0.276 e. The van der Waals surface area contributed by atoms with Crippen LogP contribution in [-0.2, 0) is 11.3 Å². The van der Waals surface area contributed by atoms with Crippen LogP contribution >= 0.6 is 23.1 Å². The van der Waals surface area contributed by atoms with Gasteiger partial charge in [0.25, 0.3) is 11.5 Å². The zero-order valence-electron chi connectivity index (χ0n) is 14.0.